The van der Waals surface area contributed by atoms with Crippen molar-refractivity contribution >= 4 is 5.97 Å². The third-order valence-electron chi connectivity index (χ3n) is 3.47. The fourth-order valence-electron chi connectivity index (χ4n) is 2.12. The van der Waals surface area contributed by atoms with Crippen LogP contribution in [0, 0.1) is 0 Å². The lowest BCUT2D eigenvalue weighted by atomic mass is 10.1. The second kappa shape index (κ2) is 14.1. The number of rotatable bonds is 13. The Morgan fingerprint density at radius 2 is 1.90 bits per heavy atom. The average Bonchev–Trinajstić information content (AvgIpc) is 2.46. The van der Waals surface area contributed by atoms with Crippen LogP contribution in [0.25, 0.3) is 0 Å². The third-order valence-corrected chi connectivity index (χ3v) is 3.47. The summed E-state index contributed by atoms with van der Waals surface area (Å²) < 4.78 is 5.12. The van der Waals surface area contributed by atoms with Crippen molar-refractivity contribution in [2.24, 2.45) is 0 Å². The Balaban J connectivity index is 3.98. The molecule has 0 saturated heterocycles. The smallest absolute Gasteiger partial charge is 0.330 e. The summed E-state index contributed by atoms with van der Waals surface area (Å²) >= 11 is 0. The van der Waals surface area contributed by atoms with E-state index in [4.69, 9.17) is 4.74 Å². The number of carbonyl (C=O) groups excluding carboxylic acids is 1. The lowest BCUT2D eigenvalue weighted by Crippen LogP contribution is -2.35. The molecule has 0 aromatic heterocycles. The van der Waals surface area contributed by atoms with E-state index in [9.17, 15) is 9.90 Å². The number of aliphatic hydroxyl groups excluding tert-OH is 1. The van der Waals surface area contributed by atoms with Crippen molar-refractivity contribution in [1.29, 1.82) is 0 Å². The zero-order valence-electron chi connectivity index (χ0n) is 14.0. The van der Waals surface area contributed by atoms with Gasteiger partial charge in [0, 0.05) is 19.2 Å². The molecule has 0 saturated carbocycles. The van der Waals surface area contributed by atoms with Gasteiger partial charge >= 0.3 is 5.97 Å². The van der Waals surface area contributed by atoms with Crippen LogP contribution in [0.2, 0.25) is 0 Å². The van der Waals surface area contributed by atoms with Crippen LogP contribution in [-0.2, 0) is 9.53 Å². The maximum Gasteiger partial charge on any atom is 0.330 e. The standard InChI is InChI=1S/C17H33NO3/c1-4-7-8-9-10-12-18(15-16(19)6-3)13-14-21-17(20)11-5-2/h5,11,16,19H,4,6-10,12-15H2,1-3H3/b11-5+. The lowest BCUT2D eigenvalue weighted by Gasteiger charge is -2.24. The topological polar surface area (TPSA) is 49.8 Å². The van der Waals surface area contributed by atoms with Crippen LogP contribution in [0.3, 0.4) is 0 Å². The first-order chi connectivity index (χ1) is 10.1. The first-order valence-electron chi connectivity index (χ1n) is 8.33. The predicted molar refractivity (Wildman–Crippen MR) is 87.3 cm³/mol. The summed E-state index contributed by atoms with van der Waals surface area (Å²) in [5, 5.41) is 9.80. The summed E-state index contributed by atoms with van der Waals surface area (Å²) in [5.74, 6) is -0.295. The van der Waals surface area contributed by atoms with Crippen LogP contribution in [-0.4, -0.2) is 48.3 Å². The zero-order chi connectivity index (χ0) is 15.9. The molecule has 4 nitrogen and oxygen atoms in total. The summed E-state index contributed by atoms with van der Waals surface area (Å²) in [7, 11) is 0. The fraction of sp³-hybridized carbons (Fsp3) is 0.824. The average molecular weight is 299 g/mol. The zero-order valence-corrected chi connectivity index (χ0v) is 14.0. The van der Waals surface area contributed by atoms with Gasteiger partial charge in [-0.1, -0.05) is 45.6 Å². The largest absolute Gasteiger partial charge is 0.461 e. The monoisotopic (exact) mass is 299 g/mol. The predicted octanol–water partition coefficient (Wildman–Crippen LogP) is 3.15. The molecule has 0 radical (unpaired) electrons. The van der Waals surface area contributed by atoms with E-state index in [0.717, 1.165) is 19.4 Å². The number of hydrogen-bond acceptors (Lipinski definition) is 4. The summed E-state index contributed by atoms with van der Waals surface area (Å²) in [5.41, 5.74) is 0. The van der Waals surface area contributed by atoms with Crippen LogP contribution in [0.1, 0.15) is 59.3 Å². The van der Waals surface area contributed by atoms with Crippen molar-refractivity contribution in [2.75, 3.05) is 26.2 Å². The van der Waals surface area contributed by atoms with E-state index in [1.54, 1.807) is 13.0 Å². The molecule has 0 aliphatic rings. The van der Waals surface area contributed by atoms with Gasteiger partial charge in [-0.15, -0.1) is 0 Å². The molecule has 1 N–H and O–H groups in total. The van der Waals surface area contributed by atoms with Gasteiger partial charge in [0.25, 0.3) is 0 Å². The fourth-order valence-corrected chi connectivity index (χ4v) is 2.12. The van der Waals surface area contributed by atoms with Gasteiger partial charge < -0.3 is 9.84 Å². The van der Waals surface area contributed by atoms with Crippen LogP contribution in [0.15, 0.2) is 12.2 Å². The Hall–Kier alpha value is -0.870. The summed E-state index contributed by atoms with van der Waals surface area (Å²) in [6, 6.07) is 0. The van der Waals surface area contributed by atoms with E-state index in [2.05, 4.69) is 11.8 Å². The molecular weight excluding hydrogens is 266 g/mol. The van der Waals surface area contributed by atoms with Crippen LogP contribution < -0.4 is 0 Å². The van der Waals surface area contributed by atoms with Crippen LogP contribution >= 0.6 is 0 Å². The Labute approximate surface area is 130 Å². The molecule has 1 atom stereocenters. The molecule has 0 spiro atoms. The van der Waals surface area contributed by atoms with Crippen molar-refractivity contribution in [2.45, 2.75) is 65.4 Å². The number of nitrogens with zero attached hydrogens (tertiary/aromatic N) is 1. The number of esters is 1. The first kappa shape index (κ1) is 20.1. The Morgan fingerprint density at radius 3 is 2.52 bits per heavy atom. The van der Waals surface area contributed by atoms with E-state index in [0.29, 0.717) is 19.7 Å². The van der Waals surface area contributed by atoms with Crippen molar-refractivity contribution in [1.82, 2.24) is 4.90 Å². The van der Waals surface area contributed by atoms with E-state index in [1.165, 1.54) is 31.8 Å². The second-order valence-corrected chi connectivity index (χ2v) is 5.44. The maximum absolute atomic E-state index is 11.3. The number of hydrogen-bond donors (Lipinski definition) is 1. The van der Waals surface area contributed by atoms with Gasteiger partial charge in [0.05, 0.1) is 6.10 Å². The van der Waals surface area contributed by atoms with Crippen molar-refractivity contribution in [3.05, 3.63) is 12.2 Å². The number of unbranched alkanes of at least 4 members (excludes halogenated alkanes) is 4. The van der Waals surface area contributed by atoms with Crippen molar-refractivity contribution in [3.8, 4) is 0 Å². The lowest BCUT2D eigenvalue weighted by molar-refractivity contribution is -0.138. The van der Waals surface area contributed by atoms with Gasteiger partial charge in [0.15, 0.2) is 0 Å². The number of carbonyl (C=O) groups is 1. The third kappa shape index (κ3) is 12.6. The molecule has 0 bridgehead atoms. The number of aliphatic hydroxyl groups is 1. The normalized spacial score (nSPS) is 13.0. The van der Waals surface area contributed by atoms with Crippen LogP contribution in [0.5, 0.6) is 0 Å². The van der Waals surface area contributed by atoms with Gasteiger partial charge in [-0.25, -0.2) is 4.79 Å². The highest BCUT2D eigenvalue weighted by Gasteiger charge is 2.10. The van der Waals surface area contributed by atoms with Gasteiger partial charge in [-0.3, -0.25) is 4.90 Å². The first-order valence-corrected chi connectivity index (χ1v) is 8.33. The molecular formula is C17H33NO3. The molecule has 0 aromatic carbocycles. The Bertz CT molecular complexity index is 279. The molecule has 124 valence electrons. The SMILES string of the molecule is C/C=C/C(=O)OCCN(CCCCCCC)CC(O)CC. The minimum atomic E-state index is -0.299. The summed E-state index contributed by atoms with van der Waals surface area (Å²) in [6.45, 7) is 8.68. The maximum atomic E-state index is 11.3. The number of allylic oxidation sites excluding steroid dienone is 1. The number of ether oxygens (including phenoxy) is 1. The molecule has 0 aliphatic carbocycles. The molecule has 0 fully saturated rings. The van der Waals surface area contributed by atoms with Crippen molar-refractivity contribution in [3.63, 3.8) is 0 Å². The molecule has 0 amide bonds. The van der Waals surface area contributed by atoms with Gasteiger partial charge in [0.2, 0.25) is 0 Å². The minimum absolute atomic E-state index is 0.295. The van der Waals surface area contributed by atoms with Gasteiger partial charge in [-0.2, -0.15) is 0 Å². The van der Waals surface area contributed by atoms with Crippen molar-refractivity contribution < 1.29 is 14.6 Å². The molecule has 4 heteroatoms. The van der Waals surface area contributed by atoms with Gasteiger partial charge in [-0.05, 0) is 26.3 Å². The molecule has 0 heterocycles. The molecule has 0 aliphatic heterocycles. The highest BCUT2D eigenvalue weighted by atomic mass is 16.5. The molecule has 21 heavy (non-hydrogen) atoms. The Morgan fingerprint density at radius 1 is 1.19 bits per heavy atom. The quantitative estimate of drug-likeness (QED) is 0.322. The summed E-state index contributed by atoms with van der Waals surface area (Å²) in [6.07, 6.45) is 9.74. The van der Waals surface area contributed by atoms with E-state index in [-0.39, 0.29) is 12.1 Å². The highest BCUT2D eigenvalue weighted by Crippen LogP contribution is 2.05. The Kier molecular flexibility index (Phi) is 13.5. The summed E-state index contributed by atoms with van der Waals surface area (Å²) in [4.78, 5) is 13.5. The molecule has 1 unspecified atom stereocenters. The molecule has 0 aromatic rings. The highest BCUT2D eigenvalue weighted by molar-refractivity contribution is 5.81. The second-order valence-electron chi connectivity index (χ2n) is 5.44. The van der Waals surface area contributed by atoms with E-state index in [1.807, 2.05) is 6.92 Å². The van der Waals surface area contributed by atoms with Crippen LogP contribution in [0.4, 0.5) is 0 Å². The molecule has 0 rings (SSSR count). The van der Waals surface area contributed by atoms with E-state index >= 15 is 0 Å². The van der Waals surface area contributed by atoms with E-state index < -0.39 is 0 Å². The minimum Gasteiger partial charge on any atom is -0.461 e. The van der Waals surface area contributed by atoms with Gasteiger partial charge in [0.1, 0.15) is 6.61 Å².